The Kier molecular flexibility index (Phi) is 3.25. The van der Waals surface area contributed by atoms with Gasteiger partial charge in [0.15, 0.2) is 0 Å². The maximum absolute atomic E-state index is 16.6. The molecule has 2 aromatic rings. The highest BCUT2D eigenvalue weighted by Crippen LogP contribution is 2.32. The summed E-state index contributed by atoms with van der Waals surface area (Å²) >= 11 is 5.66. The maximum Gasteiger partial charge on any atom is 0.253 e. The van der Waals surface area contributed by atoms with Crippen LogP contribution >= 0.6 is 11.6 Å². The van der Waals surface area contributed by atoms with E-state index in [1.54, 1.807) is 6.92 Å². The third kappa shape index (κ3) is 5.04. The Labute approximate surface area is 177 Å². The number of alkyl halides is 1. The van der Waals surface area contributed by atoms with Crippen molar-refractivity contribution >= 4 is 17.5 Å². The van der Waals surface area contributed by atoms with E-state index in [0.29, 0.717) is 5.56 Å². The zero-order valence-electron chi connectivity index (χ0n) is 24.3. The number of halogens is 3. The van der Waals surface area contributed by atoms with Crippen LogP contribution in [0.1, 0.15) is 60.9 Å². The number of nitrogens with zero attached hydrogens (tertiary/aromatic N) is 2. The van der Waals surface area contributed by atoms with Crippen molar-refractivity contribution in [2.45, 2.75) is 44.6 Å². The van der Waals surface area contributed by atoms with E-state index in [1.807, 2.05) is 0 Å². The molecule has 2 heterocycles. The minimum absolute atomic E-state index is 0.158. The molecule has 0 N–H and O–H groups in total. The van der Waals surface area contributed by atoms with Gasteiger partial charge in [0, 0.05) is 44.2 Å². The van der Waals surface area contributed by atoms with Gasteiger partial charge in [-0.25, -0.2) is 8.78 Å². The fraction of sp³-hybridized carbons (Fsp3) is 0.429. The average Bonchev–Trinajstić information content (AvgIpc) is 2.78. The minimum Gasteiger partial charge on any atom is -0.338 e. The number of amides is 1. The highest BCUT2D eigenvalue weighted by Gasteiger charge is 2.35. The first-order chi connectivity index (χ1) is 16.6. The Morgan fingerprint density at radius 3 is 2.74 bits per heavy atom. The summed E-state index contributed by atoms with van der Waals surface area (Å²) in [7, 11) is 0. The lowest BCUT2D eigenvalue weighted by atomic mass is 9.87. The molecule has 144 valence electrons. The number of carbonyl (C=O) groups is 1. The summed E-state index contributed by atoms with van der Waals surface area (Å²) in [6.07, 6.45) is -11.0. The van der Waals surface area contributed by atoms with Gasteiger partial charge in [0.05, 0.1) is 5.02 Å². The SMILES string of the molecule is [2H]C([2H])(CCC1(F)C([2H])([2H])C([2H])([2H])N(C(=O)c2ccc(F)c(Cl)c2)C([2H])([2H])C1([2H])[2H])c1ccc(C)cn1. The zero-order chi connectivity index (χ0) is 28.4. The molecule has 0 spiro atoms. The Bertz CT molecular complexity index is 1180. The molecule has 0 saturated carbocycles. The zero-order valence-corrected chi connectivity index (χ0v) is 15.1. The first-order valence-corrected chi connectivity index (χ1v) is 8.45. The van der Waals surface area contributed by atoms with E-state index in [-0.39, 0.29) is 10.6 Å². The van der Waals surface area contributed by atoms with Gasteiger partial charge in [0.2, 0.25) is 0 Å². The van der Waals surface area contributed by atoms with Crippen LogP contribution in [0.25, 0.3) is 0 Å². The number of benzene rings is 1. The van der Waals surface area contributed by atoms with Crippen LogP contribution in [0.2, 0.25) is 5.02 Å². The maximum atomic E-state index is 16.6. The highest BCUT2D eigenvalue weighted by atomic mass is 35.5. The fourth-order valence-corrected chi connectivity index (χ4v) is 2.45. The summed E-state index contributed by atoms with van der Waals surface area (Å²) in [5.41, 5.74) is -3.99. The molecule has 0 atom stereocenters. The van der Waals surface area contributed by atoms with Crippen LogP contribution in [0.3, 0.4) is 0 Å². The molecule has 3 nitrogen and oxygen atoms in total. The van der Waals surface area contributed by atoms with Crippen molar-refractivity contribution in [3.63, 3.8) is 0 Å². The van der Waals surface area contributed by atoms with E-state index in [4.69, 9.17) is 25.3 Å². The monoisotopic (exact) mass is 402 g/mol. The Balaban J connectivity index is 2.08. The van der Waals surface area contributed by atoms with Crippen LogP contribution < -0.4 is 0 Å². The Hall–Kier alpha value is -2.01. The quantitative estimate of drug-likeness (QED) is 0.692. The smallest absolute Gasteiger partial charge is 0.253 e. The van der Waals surface area contributed by atoms with Crippen molar-refractivity contribution in [3.8, 4) is 0 Å². The third-order valence-corrected chi connectivity index (χ3v) is 4.08. The van der Waals surface area contributed by atoms with Crippen LogP contribution in [0.5, 0.6) is 0 Å². The Morgan fingerprint density at radius 1 is 1.37 bits per heavy atom. The molecule has 1 fully saturated rings. The van der Waals surface area contributed by atoms with E-state index in [9.17, 15) is 9.18 Å². The van der Waals surface area contributed by atoms with Crippen molar-refractivity contribution in [3.05, 3.63) is 64.2 Å². The van der Waals surface area contributed by atoms with Gasteiger partial charge in [-0.1, -0.05) is 17.7 Å². The van der Waals surface area contributed by atoms with Crippen LogP contribution in [-0.2, 0) is 6.37 Å². The van der Waals surface area contributed by atoms with Gasteiger partial charge in [-0.2, -0.15) is 0 Å². The van der Waals surface area contributed by atoms with E-state index in [2.05, 4.69) is 4.98 Å². The summed E-state index contributed by atoms with van der Waals surface area (Å²) in [5.74, 6) is -2.54. The molecule has 1 aromatic heterocycles. The van der Waals surface area contributed by atoms with Gasteiger partial charge < -0.3 is 4.90 Å². The number of carbonyl (C=O) groups excluding carboxylic acids is 1. The summed E-state index contributed by atoms with van der Waals surface area (Å²) < 4.78 is 113. The van der Waals surface area contributed by atoms with Gasteiger partial charge >= 0.3 is 0 Å². The second-order valence-electron chi connectivity index (χ2n) is 5.94. The van der Waals surface area contributed by atoms with Gasteiger partial charge in [0.25, 0.3) is 5.91 Å². The van der Waals surface area contributed by atoms with Gasteiger partial charge in [0.1, 0.15) is 11.5 Å². The van der Waals surface area contributed by atoms with Crippen LogP contribution in [-0.4, -0.2) is 34.5 Å². The standard InChI is InChI=1S/C21H23ClF2N2O/c1-15-4-6-17(25-14-15)3-2-8-21(24)9-11-26(12-10-21)20(27)16-5-7-19(23)18(22)13-16/h4-7,13-14H,2-3,8-12H2,1H3/i3D2,9D2,10D2,11D2,12D2. The molecular weight excluding hydrogens is 370 g/mol. The first-order valence-electron chi connectivity index (χ1n) is 13.1. The molecule has 6 heteroatoms. The molecule has 27 heavy (non-hydrogen) atoms. The number of aryl methyl sites for hydroxylation is 2. The van der Waals surface area contributed by atoms with Gasteiger partial charge in [-0.05, 0) is 68.7 Å². The predicted molar refractivity (Wildman–Crippen MR) is 102 cm³/mol. The molecule has 1 aliphatic heterocycles. The highest BCUT2D eigenvalue weighted by molar-refractivity contribution is 6.31. The largest absolute Gasteiger partial charge is 0.338 e. The third-order valence-electron chi connectivity index (χ3n) is 3.79. The van der Waals surface area contributed by atoms with Crippen molar-refractivity contribution in [1.82, 2.24) is 9.88 Å². The topological polar surface area (TPSA) is 33.2 Å². The van der Waals surface area contributed by atoms with Gasteiger partial charge in [-0.3, -0.25) is 9.78 Å². The molecule has 0 bridgehead atoms. The van der Waals surface area contributed by atoms with Crippen molar-refractivity contribution in [2.24, 2.45) is 0 Å². The van der Waals surface area contributed by atoms with Crippen molar-refractivity contribution < 1.29 is 27.3 Å². The van der Waals surface area contributed by atoms with Crippen molar-refractivity contribution in [1.29, 1.82) is 0 Å². The first kappa shape index (κ1) is 10.5. The summed E-state index contributed by atoms with van der Waals surface area (Å²) in [6, 6.07) is 5.14. The second-order valence-corrected chi connectivity index (χ2v) is 6.35. The van der Waals surface area contributed by atoms with E-state index in [1.165, 1.54) is 18.3 Å². The van der Waals surface area contributed by atoms with Crippen molar-refractivity contribution in [2.75, 3.05) is 13.0 Å². The second kappa shape index (κ2) is 8.34. The van der Waals surface area contributed by atoms with E-state index < -0.39 is 72.9 Å². The predicted octanol–water partition coefficient (Wildman–Crippen LogP) is 5.15. The molecule has 3 rings (SSSR count). The lowest BCUT2D eigenvalue weighted by Gasteiger charge is -2.36. The molecule has 1 saturated heterocycles. The number of likely N-dealkylation sites (tertiary alicyclic amines) is 1. The minimum atomic E-state index is -3.96. The van der Waals surface area contributed by atoms with Crippen LogP contribution in [0, 0.1) is 12.7 Å². The number of hydrogen-bond acceptors (Lipinski definition) is 2. The molecular formula is C21H23ClF2N2O. The van der Waals surface area contributed by atoms with E-state index in [0.717, 1.165) is 18.2 Å². The Morgan fingerprint density at radius 2 is 2.11 bits per heavy atom. The number of aromatic nitrogens is 1. The molecule has 1 amide bonds. The summed E-state index contributed by atoms with van der Waals surface area (Å²) in [4.78, 5) is 16.7. The number of rotatable bonds is 5. The number of piperidine rings is 1. The van der Waals surface area contributed by atoms with Crippen LogP contribution in [0.4, 0.5) is 8.78 Å². The normalized spacial score (nSPS) is 29.9. The molecule has 1 aliphatic rings. The molecule has 0 unspecified atom stereocenters. The number of hydrogen-bond donors (Lipinski definition) is 0. The molecule has 0 aliphatic carbocycles. The fourth-order valence-electron chi connectivity index (χ4n) is 2.27. The average molecular weight is 403 g/mol. The van der Waals surface area contributed by atoms with Gasteiger partial charge in [-0.15, -0.1) is 0 Å². The lowest BCUT2D eigenvalue weighted by molar-refractivity contribution is 0.0389. The summed E-state index contributed by atoms with van der Waals surface area (Å²) in [5, 5.41) is -0.582. The number of pyridine rings is 1. The lowest BCUT2D eigenvalue weighted by Crippen LogP contribution is -2.44. The van der Waals surface area contributed by atoms with Crippen LogP contribution in [0.15, 0.2) is 36.5 Å². The molecule has 0 radical (unpaired) electrons. The summed E-state index contributed by atoms with van der Waals surface area (Å²) in [6.45, 7) is -5.88. The molecule has 1 aromatic carbocycles. The van der Waals surface area contributed by atoms with E-state index >= 15 is 4.39 Å².